The van der Waals surface area contributed by atoms with E-state index in [0.717, 1.165) is 0 Å². The van der Waals surface area contributed by atoms with Gasteiger partial charge in [0.05, 0.1) is 9.60 Å². The summed E-state index contributed by atoms with van der Waals surface area (Å²) in [6.07, 6.45) is 0. The van der Waals surface area contributed by atoms with Crippen LogP contribution in [0, 0.1) is 5.82 Å². The van der Waals surface area contributed by atoms with Crippen LogP contribution in [-0.4, -0.2) is 68.8 Å². The fourth-order valence-electron chi connectivity index (χ4n) is 3.24. The largest absolute Gasteiger partial charge is 0.308 e. The number of likely N-dealkylation sites (N-methyl/N-ethyl adjacent to an activating group) is 1. The molecule has 0 aliphatic heterocycles. The van der Waals surface area contributed by atoms with Crippen molar-refractivity contribution in [1.82, 2.24) is 14.2 Å². The first-order chi connectivity index (χ1) is 15.2. The number of amides is 1. The summed E-state index contributed by atoms with van der Waals surface area (Å²) in [5.74, 6) is -0.755. The van der Waals surface area contributed by atoms with Crippen molar-refractivity contribution in [3.05, 3.63) is 53.8 Å². The summed E-state index contributed by atoms with van der Waals surface area (Å²) in [6.45, 7) is 5.23. The lowest BCUT2D eigenvalue weighted by atomic mass is 10.2. The molecule has 0 aliphatic rings. The minimum Gasteiger partial charge on any atom is -0.308 e. The number of anilines is 1. The first-order valence-corrected chi connectivity index (χ1v) is 12.6. The maximum absolute atomic E-state index is 14.2. The summed E-state index contributed by atoms with van der Waals surface area (Å²) in [4.78, 5) is 21.3. The van der Waals surface area contributed by atoms with E-state index in [2.05, 4.69) is 4.98 Å². The first-order valence-electron chi connectivity index (χ1n) is 10.3. The number of fused-ring (bicyclic) bond motifs is 1. The van der Waals surface area contributed by atoms with Gasteiger partial charge in [0.1, 0.15) is 11.3 Å². The third-order valence-electron chi connectivity index (χ3n) is 5.05. The Morgan fingerprint density at radius 3 is 2.25 bits per heavy atom. The van der Waals surface area contributed by atoms with Crippen LogP contribution < -0.4 is 4.90 Å². The smallest absolute Gasteiger partial charge is 0.260 e. The second-order valence-corrected chi connectivity index (χ2v) is 10.4. The Balaban J connectivity index is 1.95. The van der Waals surface area contributed by atoms with E-state index in [9.17, 15) is 17.6 Å². The molecular weight excluding hydrogens is 451 g/mol. The van der Waals surface area contributed by atoms with Crippen molar-refractivity contribution in [2.45, 2.75) is 18.7 Å². The first kappa shape index (κ1) is 24.2. The molecule has 2 aromatic carbocycles. The summed E-state index contributed by atoms with van der Waals surface area (Å²) in [7, 11) is 0.183. The van der Waals surface area contributed by atoms with Gasteiger partial charge in [0.2, 0.25) is 10.0 Å². The lowest BCUT2D eigenvalue weighted by Gasteiger charge is -2.22. The highest BCUT2D eigenvalue weighted by molar-refractivity contribution is 7.89. The van der Waals surface area contributed by atoms with Gasteiger partial charge in [0.25, 0.3) is 5.91 Å². The van der Waals surface area contributed by atoms with E-state index < -0.39 is 15.8 Å². The number of carbonyl (C=O) groups is 1. The Labute approximate surface area is 192 Å². The van der Waals surface area contributed by atoms with Gasteiger partial charge in [0, 0.05) is 31.7 Å². The number of halogens is 1. The zero-order valence-electron chi connectivity index (χ0n) is 18.6. The predicted octanol–water partition coefficient (Wildman–Crippen LogP) is 3.67. The normalized spacial score (nSPS) is 12.1. The van der Waals surface area contributed by atoms with Gasteiger partial charge in [-0.25, -0.2) is 17.8 Å². The average Bonchev–Trinajstić information content (AvgIpc) is 3.19. The maximum atomic E-state index is 14.2. The van der Waals surface area contributed by atoms with Crippen LogP contribution in [0.3, 0.4) is 0 Å². The van der Waals surface area contributed by atoms with E-state index in [4.69, 9.17) is 0 Å². The summed E-state index contributed by atoms with van der Waals surface area (Å²) in [6, 6.07) is 10.6. The second-order valence-electron chi connectivity index (χ2n) is 7.46. The molecule has 1 aromatic heterocycles. The van der Waals surface area contributed by atoms with Gasteiger partial charge in [0.15, 0.2) is 5.13 Å². The van der Waals surface area contributed by atoms with Gasteiger partial charge < -0.3 is 4.90 Å². The van der Waals surface area contributed by atoms with Crippen molar-refractivity contribution < 1.29 is 17.6 Å². The molecule has 1 heterocycles. The van der Waals surface area contributed by atoms with Crippen molar-refractivity contribution in [2.24, 2.45) is 0 Å². The molecule has 0 aliphatic carbocycles. The highest BCUT2D eigenvalue weighted by atomic mass is 32.2. The van der Waals surface area contributed by atoms with Gasteiger partial charge in [-0.1, -0.05) is 31.3 Å². The van der Waals surface area contributed by atoms with Crippen LogP contribution in [-0.2, 0) is 10.0 Å². The summed E-state index contributed by atoms with van der Waals surface area (Å²) >= 11 is 1.24. The Morgan fingerprint density at radius 2 is 1.69 bits per heavy atom. The van der Waals surface area contributed by atoms with Crippen molar-refractivity contribution in [1.29, 1.82) is 0 Å². The van der Waals surface area contributed by atoms with Crippen LogP contribution in [0.15, 0.2) is 47.4 Å². The van der Waals surface area contributed by atoms with Gasteiger partial charge in [-0.3, -0.25) is 9.69 Å². The van der Waals surface area contributed by atoms with Crippen molar-refractivity contribution in [3.8, 4) is 0 Å². The van der Waals surface area contributed by atoms with Crippen molar-refractivity contribution >= 4 is 42.6 Å². The Kier molecular flexibility index (Phi) is 7.60. The van der Waals surface area contributed by atoms with Crippen LogP contribution in [0.2, 0.25) is 0 Å². The second kappa shape index (κ2) is 10.0. The number of aromatic nitrogens is 1. The number of hydrogen-bond donors (Lipinski definition) is 0. The molecule has 0 N–H and O–H groups in total. The number of para-hydroxylation sites is 1. The lowest BCUT2D eigenvalue weighted by molar-refractivity contribution is 0.0985. The van der Waals surface area contributed by atoms with Crippen LogP contribution in [0.4, 0.5) is 9.52 Å². The SMILES string of the molecule is CCN(CC)S(=O)(=O)c1ccc(C(=O)N(CCN(C)C)c2nc3c(F)cccc3s2)cc1. The molecule has 0 atom stereocenters. The molecule has 7 nitrogen and oxygen atoms in total. The number of nitrogens with zero attached hydrogens (tertiary/aromatic N) is 4. The van der Waals surface area contributed by atoms with Gasteiger partial charge in [-0.05, 0) is 50.5 Å². The highest BCUT2D eigenvalue weighted by Crippen LogP contribution is 2.31. The van der Waals surface area contributed by atoms with E-state index in [1.165, 1.54) is 50.9 Å². The Morgan fingerprint density at radius 1 is 1.03 bits per heavy atom. The van der Waals surface area contributed by atoms with E-state index >= 15 is 0 Å². The van der Waals surface area contributed by atoms with E-state index in [1.54, 1.807) is 26.0 Å². The number of thiazole rings is 1. The summed E-state index contributed by atoms with van der Waals surface area (Å²) in [5.41, 5.74) is 0.567. The summed E-state index contributed by atoms with van der Waals surface area (Å²) in [5, 5.41) is 0.400. The van der Waals surface area contributed by atoms with Crippen LogP contribution in [0.5, 0.6) is 0 Å². The van der Waals surface area contributed by atoms with E-state index in [1.807, 2.05) is 19.0 Å². The van der Waals surface area contributed by atoms with Crippen molar-refractivity contribution in [2.75, 3.05) is 45.2 Å². The molecular formula is C22H27FN4O3S2. The van der Waals surface area contributed by atoms with E-state index in [-0.39, 0.29) is 16.3 Å². The van der Waals surface area contributed by atoms with E-state index in [0.29, 0.717) is 41.6 Å². The maximum Gasteiger partial charge on any atom is 0.260 e. The Bertz CT molecular complexity index is 1190. The topological polar surface area (TPSA) is 73.8 Å². The quantitative estimate of drug-likeness (QED) is 0.469. The molecule has 1 amide bonds. The summed E-state index contributed by atoms with van der Waals surface area (Å²) < 4.78 is 41.6. The van der Waals surface area contributed by atoms with Crippen molar-refractivity contribution in [3.63, 3.8) is 0 Å². The van der Waals surface area contributed by atoms with Crippen LogP contribution in [0.25, 0.3) is 10.2 Å². The zero-order chi connectivity index (χ0) is 23.5. The number of hydrogen-bond acceptors (Lipinski definition) is 6. The fourth-order valence-corrected chi connectivity index (χ4v) is 5.70. The van der Waals surface area contributed by atoms with Crippen LogP contribution >= 0.6 is 11.3 Å². The monoisotopic (exact) mass is 478 g/mol. The molecule has 0 saturated carbocycles. The standard InChI is InChI=1S/C22H27FN4O3S2/c1-5-26(6-2)32(29,30)17-12-10-16(11-13-17)21(28)27(15-14-25(3)4)22-24-20-18(23)8-7-9-19(20)31-22/h7-13H,5-6,14-15H2,1-4H3. The predicted molar refractivity (Wildman–Crippen MR) is 126 cm³/mol. The minimum atomic E-state index is -3.61. The number of carbonyl (C=O) groups excluding carboxylic acids is 1. The Hall–Kier alpha value is -2.40. The average molecular weight is 479 g/mol. The number of rotatable bonds is 9. The van der Waals surface area contributed by atoms with Gasteiger partial charge in [-0.2, -0.15) is 4.31 Å². The fraction of sp³-hybridized carbons (Fsp3) is 0.364. The molecule has 0 radical (unpaired) electrons. The lowest BCUT2D eigenvalue weighted by Crippen LogP contribution is -2.36. The molecule has 10 heteroatoms. The molecule has 0 fully saturated rings. The molecule has 0 spiro atoms. The molecule has 0 unspecified atom stereocenters. The van der Waals surface area contributed by atoms with Gasteiger partial charge >= 0.3 is 0 Å². The molecule has 3 rings (SSSR count). The van der Waals surface area contributed by atoms with Gasteiger partial charge in [-0.15, -0.1) is 0 Å². The highest BCUT2D eigenvalue weighted by Gasteiger charge is 2.25. The zero-order valence-corrected chi connectivity index (χ0v) is 20.2. The van der Waals surface area contributed by atoms with Crippen LogP contribution in [0.1, 0.15) is 24.2 Å². The molecule has 3 aromatic rings. The molecule has 172 valence electrons. The molecule has 0 bridgehead atoms. The minimum absolute atomic E-state index is 0.139. The third kappa shape index (κ3) is 4.98. The third-order valence-corrected chi connectivity index (χ3v) is 8.16. The number of benzene rings is 2. The molecule has 0 saturated heterocycles. The number of sulfonamides is 1. The molecule has 32 heavy (non-hydrogen) atoms.